The van der Waals surface area contributed by atoms with Crippen molar-refractivity contribution in [1.29, 1.82) is 0 Å². The summed E-state index contributed by atoms with van der Waals surface area (Å²) in [5.41, 5.74) is 3.03. The van der Waals surface area contributed by atoms with Crippen LogP contribution < -0.4 is 0 Å². The number of likely N-dealkylation sites (tertiary alicyclic amines) is 1. The number of esters is 1. The number of hydrogen-bond donors (Lipinski definition) is 0. The first-order valence-corrected chi connectivity index (χ1v) is 14.0. The lowest BCUT2D eigenvalue weighted by atomic mass is 9.87. The Labute approximate surface area is 232 Å². The number of carbonyl (C=O) groups excluding carboxylic acids is 2. The van der Waals surface area contributed by atoms with Gasteiger partial charge in [0.25, 0.3) is 0 Å². The Kier molecular flexibility index (Phi) is 7.63. The Bertz CT molecular complexity index is 1520. The number of oxazole rings is 1. The Balaban J connectivity index is 1.19. The molecule has 0 bridgehead atoms. The Hall–Kier alpha value is -3.62. The SMILES string of the molecule is COC(=O)C1CCC(OC(C(=O)Cc2ccc3nc(-c4cccc5ccccc45)oc3c2)N2CC[C@H](F)C2)CC1. The molecular formula is C32H33FN2O5. The minimum absolute atomic E-state index is 0.114. The Morgan fingerprint density at radius 3 is 2.62 bits per heavy atom. The molecule has 2 aliphatic rings. The summed E-state index contributed by atoms with van der Waals surface area (Å²) in [6.07, 6.45) is 1.22. The van der Waals surface area contributed by atoms with Crippen molar-refractivity contribution < 1.29 is 27.9 Å². The molecule has 2 atom stereocenters. The quantitative estimate of drug-likeness (QED) is 0.256. The number of methoxy groups -OCH3 is 1. The lowest BCUT2D eigenvalue weighted by molar-refractivity contribution is -0.158. The molecule has 0 N–H and O–H groups in total. The fourth-order valence-corrected chi connectivity index (χ4v) is 6.00. The average molecular weight is 545 g/mol. The van der Waals surface area contributed by atoms with E-state index in [1.165, 1.54) is 7.11 Å². The number of aromatic nitrogens is 1. The van der Waals surface area contributed by atoms with Gasteiger partial charge in [-0.3, -0.25) is 14.5 Å². The summed E-state index contributed by atoms with van der Waals surface area (Å²) < 4.78 is 31.5. The summed E-state index contributed by atoms with van der Waals surface area (Å²) >= 11 is 0. The molecule has 0 spiro atoms. The maximum atomic E-state index is 14.1. The lowest BCUT2D eigenvalue weighted by Gasteiger charge is -2.33. The number of alkyl halides is 1. The van der Waals surface area contributed by atoms with E-state index in [2.05, 4.69) is 12.1 Å². The molecule has 1 aliphatic carbocycles. The third kappa shape index (κ3) is 5.51. The lowest BCUT2D eigenvalue weighted by Crippen LogP contribution is -2.45. The second kappa shape index (κ2) is 11.5. The topological polar surface area (TPSA) is 81.9 Å². The van der Waals surface area contributed by atoms with E-state index in [1.54, 1.807) is 0 Å². The van der Waals surface area contributed by atoms with Crippen molar-refractivity contribution in [3.8, 4) is 11.5 Å². The number of halogens is 1. The predicted molar refractivity (Wildman–Crippen MR) is 149 cm³/mol. The number of benzene rings is 3. The highest BCUT2D eigenvalue weighted by Crippen LogP contribution is 2.32. The van der Waals surface area contributed by atoms with Crippen LogP contribution in [0.2, 0.25) is 0 Å². The molecule has 1 aromatic heterocycles. The van der Waals surface area contributed by atoms with Gasteiger partial charge >= 0.3 is 5.97 Å². The zero-order valence-electron chi connectivity index (χ0n) is 22.6. The first-order valence-electron chi connectivity index (χ1n) is 14.0. The van der Waals surface area contributed by atoms with E-state index in [0.29, 0.717) is 55.6 Å². The number of rotatable bonds is 8. The van der Waals surface area contributed by atoms with Gasteiger partial charge in [-0.05, 0) is 66.6 Å². The fraction of sp³-hybridized carbons (Fsp3) is 0.406. The van der Waals surface area contributed by atoms with Crippen LogP contribution in [-0.2, 0) is 25.5 Å². The molecule has 4 aromatic rings. The van der Waals surface area contributed by atoms with Crippen LogP contribution in [0.1, 0.15) is 37.7 Å². The highest BCUT2D eigenvalue weighted by molar-refractivity contribution is 5.95. The van der Waals surface area contributed by atoms with E-state index in [-0.39, 0.29) is 36.7 Å². The van der Waals surface area contributed by atoms with E-state index in [1.807, 2.05) is 53.4 Å². The number of ether oxygens (including phenoxy) is 2. The third-order valence-electron chi connectivity index (χ3n) is 8.15. The second-order valence-electron chi connectivity index (χ2n) is 10.9. The van der Waals surface area contributed by atoms with Crippen LogP contribution in [0.25, 0.3) is 33.3 Å². The first kappa shape index (κ1) is 26.6. The maximum absolute atomic E-state index is 14.1. The molecule has 2 heterocycles. The van der Waals surface area contributed by atoms with Crippen molar-refractivity contribution in [2.45, 2.75) is 57.0 Å². The van der Waals surface area contributed by atoms with Crippen molar-refractivity contribution in [1.82, 2.24) is 9.88 Å². The molecule has 0 radical (unpaired) electrons. The number of fused-ring (bicyclic) bond motifs is 2. The average Bonchev–Trinajstić information content (AvgIpc) is 3.61. The molecule has 1 saturated carbocycles. The summed E-state index contributed by atoms with van der Waals surface area (Å²) in [5.74, 6) is 0.0909. The van der Waals surface area contributed by atoms with Gasteiger partial charge in [0.1, 0.15) is 11.7 Å². The van der Waals surface area contributed by atoms with Gasteiger partial charge in [-0.2, -0.15) is 0 Å². The van der Waals surface area contributed by atoms with Crippen molar-refractivity contribution in [2.24, 2.45) is 5.92 Å². The molecule has 208 valence electrons. The first-order chi connectivity index (χ1) is 19.5. The molecule has 1 unspecified atom stereocenters. The zero-order chi connectivity index (χ0) is 27.6. The molecule has 40 heavy (non-hydrogen) atoms. The summed E-state index contributed by atoms with van der Waals surface area (Å²) in [5, 5.41) is 2.17. The molecule has 1 saturated heterocycles. The maximum Gasteiger partial charge on any atom is 0.308 e. The summed E-state index contributed by atoms with van der Waals surface area (Å²) in [4.78, 5) is 32.0. The smallest absolute Gasteiger partial charge is 0.308 e. The zero-order valence-corrected chi connectivity index (χ0v) is 22.6. The molecule has 3 aromatic carbocycles. The van der Waals surface area contributed by atoms with E-state index < -0.39 is 12.4 Å². The normalized spacial score (nSPS) is 22.5. The fourth-order valence-electron chi connectivity index (χ4n) is 6.00. The van der Waals surface area contributed by atoms with Crippen molar-refractivity contribution in [2.75, 3.05) is 20.2 Å². The van der Waals surface area contributed by atoms with E-state index >= 15 is 0 Å². The van der Waals surface area contributed by atoms with Gasteiger partial charge in [-0.15, -0.1) is 0 Å². The van der Waals surface area contributed by atoms with Crippen LogP contribution in [0.5, 0.6) is 0 Å². The van der Waals surface area contributed by atoms with Gasteiger partial charge in [-0.1, -0.05) is 42.5 Å². The van der Waals surface area contributed by atoms with Gasteiger partial charge in [0.05, 0.1) is 19.1 Å². The molecule has 2 fully saturated rings. The summed E-state index contributed by atoms with van der Waals surface area (Å²) in [7, 11) is 1.40. The molecular weight excluding hydrogens is 511 g/mol. The number of nitrogens with zero attached hydrogens (tertiary/aromatic N) is 2. The van der Waals surface area contributed by atoms with Gasteiger partial charge in [-0.25, -0.2) is 9.37 Å². The predicted octanol–water partition coefficient (Wildman–Crippen LogP) is 5.88. The molecule has 0 amide bonds. The van der Waals surface area contributed by atoms with Gasteiger partial charge in [0.15, 0.2) is 17.6 Å². The van der Waals surface area contributed by atoms with E-state index in [4.69, 9.17) is 18.9 Å². The van der Waals surface area contributed by atoms with Gasteiger partial charge in [0, 0.05) is 25.1 Å². The molecule has 8 heteroatoms. The van der Waals surface area contributed by atoms with E-state index in [0.717, 1.165) is 21.9 Å². The second-order valence-corrected chi connectivity index (χ2v) is 10.9. The number of hydrogen-bond acceptors (Lipinski definition) is 7. The van der Waals surface area contributed by atoms with Crippen molar-refractivity contribution in [3.05, 3.63) is 66.2 Å². The number of Topliss-reactive ketones (excluding diaryl/α,β-unsaturated/α-hetero) is 1. The van der Waals surface area contributed by atoms with Crippen LogP contribution in [0, 0.1) is 5.92 Å². The van der Waals surface area contributed by atoms with Crippen LogP contribution in [0.4, 0.5) is 4.39 Å². The Morgan fingerprint density at radius 2 is 1.85 bits per heavy atom. The van der Waals surface area contributed by atoms with E-state index in [9.17, 15) is 14.0 Å². The Morgan fingerprint density at radius 1 is 1.05 bits per heavy atom. The van der Waals surface area contributed by atoms with Crippen LogP contribution in [0.15, 0.2) is 65.1 Å². The highest BCUT2D eigenvalue weighted by atomic mass is 19.1. The van der Waals surface area contributed by atoms with Gasteiger partial charge in [0.2, 0.25) is 5.89 Å². The highest BCUT2D eigenvalue weighted by Gasteiger charge is 2.36. The standard InChI is InChI=1S/C32H33FN2O5/c1-38-32(37)22-10-12-24(13-11-22)39-31(35-16-15-23(33)19-35)28(36)17-20-9-14-27-29(18-20)40-30(34-27)26-8-4-6-21-5-2-3-7-25(21)26/h2-9,14,18,22-24,31H,10-13,15-17,19H2,1H3/t22?,23-,24?,31?/m0/s1. The third-order valence-corrected chi connectivity index (χ3v) is 8.15. The van der Waals surface area contributed by atoms with Crippen molar-refractivity contribution >= 4 is 33.6 Å². The number of ketones is 1. The molecule has 6 rings (SSSR count). The molecule has 7 nitrogen and oxygen atoms in total. The summed E-state index contributed by atoms with van der Waals surface area (Å²) in [6, 6.07) is 19.7. The number of carbonyl (C=O) groups is 2. The molecule has 1 aliphatic heterocycles. The summed E-state index contributed by atoms with van der Waals surface area (Å²) in [6.45, 7) is 0.661. The van der Waals surface area contributed by atoms with Crippen LogP contribution >= 0.6 is 0 Å². The minimum atomic E-state index is -0.966. The van der Waals surface area contributed by atoms with Crippen molar-refractivity contribution in [3.63, 3.8) is 0 Å². The minimum Gasteiger partial charge on any atom is -0.469 e. The van der Waals surface area contributed by atoms with Crippen LogP contribution in [0.3, 0.4) is 0 Å². The van der Waals surface area contributed by atoms with Crippen LogP contribution in [-0.4, -0.2) is 60.3 Å². The van der Waals surface area contributed by atoms with Gasteiger partial charge < -0.3 is 13.9 Å². The largest absolute Gasteiger partial charge is 0.469 e. The monoisotopic (exact) mass is 544 g/mol.